The second kappa shape index (κ2) is 10.7. The lowest BCUT2D eigenvalue weighted by Crippen LogP contribution is -2.14. The molecular formula is C25H23BrO4. The van der Waals surface area contributed by atoms with Gasteiger partial charge in [-0.05, 0) is 66.1 Å². The van der Waals surface area contributed by atoms with Crippen LogP contribution in [-0.4, -0.2) is 25.0 Å². The second-order valence-electron chi connectivity index (χ2n) is 6.81. The van der Waals surface area contributed by atoms with Crippen molar-refractivity contribution in [3.05, 3.63) is 88.4 Å². The van der Waals surface area contributed by atoms with Crippen LogP contribution < -0.4 is 4.74 Å². The molecule has 3 aromatic carbocycles. The van der Waals surface area contributed by atoms with Gasteiger partial charge in [-0.25, -0.2) is 4.79 Å². The molecule has 0 aromatic heterocycles. The first-order valence-corrected chi connectivity index (χ1v) is 10.7. The Hall–Kier alpha value is -2.92. The molecule has 4 nitrogen and oxygen atoms in total. The van der Waals surface area contributed by atoms with Crippen LogP contribution in [0.15, 0.2) is 77.3 Å². The summed E-state index contributed by atoms with van der Waals surface area (Å²) in [6, 6.07) is 21.9. The van der Waals surface area contributed by atoms with Gasteiger partial charge in [0.2, 0.25) is 0 Å². The molecule has 0 aliphatic carbocycles. The summed E-state index contributed by atoms with van der Waals surface area (Å²) in [5, 5.41) is 0. The van der Waals surface area contributed by atoms with Crippen molar-refractivity contribution in [1.82, 2.24) is 0 Å². The first kappa shape index (κ1) is 21.8. The van der Waals surface area contributed by atoms with Gasteiger partial charge in [0.15, 0.2) is 12.4 Å². The van der Waals surface area contributed by atoms with E-state index in [9.17, 15) is 9.59 Å². The maximum Gasteiger partial charge on any atom is 0.338 e. The molecule has 0 fully saturated rings. The fourth-order valence-electron chi connectivity index (χ4n) is 2.81. The molecule has 0 aliphatic rings. The van der Waals surface area contributed by atoms with Crippen LogP contribution in [-0.2, 0) is 4.74 Å². The lowest BCUT2D eigenvalue weighted by molar-refractivity contribution is 0.0474. The van der Waals surface area contributed by atoms with Gasteiger partial charge >= 0.3 is 5.97 Å². The molecule has 0 saturated heterocycles. The highest BCUT2D eigenvalue weighted by Gasteiger charge is 2.12. The molecule has 0 atom stereocenters. The Morgan fingerprint density at radius 2 is 1.37 bits per heavy atom. The van der Waals surface area contributed by atoms with Gasteiger partial charge in [-0.3, -0.25) is 4.79 Å². The van der Waals surface area contributed by atoms with Crippen molar-refractivity contribution >= 4 is 27.7 Å². The smallest absolute Gasteiger partial charge is 0.338 e. The molecule has 0 amide bonds. The molecular weight excluding hydrogens is 444 g/mol. The third kappa shape index (κ3) is 6.04. The average Bonchev–Trinajstić information content (AvgIpc) is 2.78. The summed E-state index contributed by atoms with van der Waals surface area (Å²) in [5.74, 6) is -0.0528. The van der Waals surface area contributed by atoms with Crippen molar-refractivity contribution in [2.75, 3.05) is 13.2 Å². The number of Topliss-reactive ketones (excluding diaryl/α,β-unsaturated/α-hetero) is 1. The quantitative estimate of drug-likeness (QED) is 0.210. The van der Waals surface area contributed by atoms with Gasteiger partial charge in [0.25, 0.3) is 0 Å². The highest BCUT2D eigenvalue weighted by Crippen LogP contribution is 2.22. The van der Waals surface area contributed by atoms with Gasteiger partial charge in [-0.15, -0.1) is 0 Å². The van der Waals surface area contributed by atoms with E-state index in [0.29, 0.717) is 17.7 Å². The summed E-state index contributed by atoms with van der Waals surface area (Å²) in [6.07, 6.45) is 2.05. The van der Waals surface area contributed by atoms with E-state index in [4.69, 9.17) is 9.47 Å². The van der Waals surface area contributed by atoms with Crippen LogP contribution >= 0.6 is 15.9 Å². The average molecular weight is 467 g/mol. The first-order chi connectivity index (χ1) is 14.6. The van der Waals surface area contributed by atoms with E-state index in [1.807, 2.05) is 36.4 Å². The molecule has 3 rings (SSSR count). The van der Waals surface area contributed by atoms with Crippen molar-refractivity contribution in [3.8, 4) is 16.9 Å². The fourth-order valence-corrected chi connectivity index (χ4v) is 3.07. The zero-order valence-corrected chi connectivity index (χ0v) is 18.4. The molecule has 154 valence electrons. The second-order valence-corrected chi connectivity index (χ2v) is 7.73. The monoisotopic (exact) mass is 466 g/mol. The molecule has 5 heteroatoms. The maximum absolute atomic E-state index is 12.3. The Morgan fingerprint density at radius 3 is 1.97 bits per heavy atom. The predicted octanol–water partition coefficient (Wildman–Crippen LogP) is 6.33. The molecule has 0 spiro atoms. The predicted molar refractivity (Wildman–Crippen MR) is 121 cm³/mol. The van der Waals surface area contributed by atoms with E-state index in [-0.39, 0.29) is 12.4 Å². The van der Waals surface area contributed by atoms with E-state index < -0.39 is 5.97 Å². The number of ether oxygens (including phenoxy) is 2. The number of carbonyl (C=O) groups excluding carboxylic acids is 2. The summed E-state index contributed by atoms with van der Waals surface area (Å²) >= 11 is 3.42. The molecule has 30 heavy (non-hydrogen) atoms. The van der Waals surface area contributed by atoms with Crippen LogP contribution in [0.4, 0.5) is 0 Å². The maximum atomic E-state index is 12.3. The molecule has 0 heterocycles. The number of carbonyl (C=O) groups is 2. The molecule has 0 aliphatic heterocycles. The lowest BCUT2D eigenvalue weighted by Gasteiger charge is -2.08. The number of unbranched alkanes of at least 4 members (excludes halogenated alkanes) is 1. The summed E-state index contributed by atoms with van der Waals surface area (Å²) in [6.45, 7) is 2.45. The number of hydrogen-bond acceptors (Lipinski definition) is 4. The third-order valence-electron chi connectivity index (χ3n) is 4.58. The van der Waals surface area contributed by atoms with Gasteiger partial charge in [0.05, 0.1) is 12.2 Å². The first-order valence-electron chi connectivity index (χ1n) is 9.86. The SMILES string of the molecule is CCCCOc1ccc(C(=O)COC(=O)c2ccc(-c3ccc(Br)cc3)cc2)cc1. The zero-order chi connectivity index (χ0) is 21.3. The Kier molecular flexibility index (Phi) is 7.80. The minimum atomic E-state index is -0.523. The van der Waals surface area contributed by atoms with Gasteiger partial charge in [-0.1, -0.05) is 53.5 Å². The lowest BCUT2D eigenvalue weighted by atomic mass is 10.0. The van der Waals surface area contributed by atoms with Crippen molar-refractivity contribution in [1.29, 1.82) is 0 Å². The largest absolute Gasteiger partial charge is 0.494 e. The van der Waals surface area contributed by atoms with Crippen molar-refractivity contribution in [2.24, 2.45) is 0 Å². The molecule has 0 radical (unpaired) electrons. The molecule has 0 unspecified atom stereocenters. The van der Waals surface area contributed by atoms with E-state index in [2.05, 4.69) is 22.9 Å². The van der Waals surface area contributed by atoms with Crippen LogP contribution in [0.5, 0.6) is 5.75 Å². The van der Waals surface area contributed by atoms with E-state index in [0.717, 1.165) is 34.2 Å². The normalized spacial score (nSPS) is 10.5. The van der Waals surface area contributed by atoms with Crippen LogP contribution in [0.1, 0.15) is 40.5 Å². The number of esters is 1. The molecule has 0 bridgehead atoms. The van der Waals surface area contributed by atoms with Gasteiger partial charge in [0, 0.05) is 10.0 Å². The summed E-state index contributed by atoms with van der Waals surface area (Å²) < 4.78 is 11.8. The van der Waals surface area contributed by atoms with Gasteiger partial charge in [-0.2, -0.15) is 0 Å². The Morgan fingerprint density at radius 1 is 0.800 bits per heavy atom. The number of ketones is 1. The van der Waals surface area contributed by atoms with Gasteiger partial charge in [0.1, 0.15) is 5.75 Å². The topological polar surface area (TPSA) is 52.6 Å². The minimum Gasteiger partial charge on any atom is -0.494 e. The fraction of sp³-hybridized carbons (Fsp3) is 0.200. The number of hydrogen-bond donors (Lipinski definition) is 0. The van der Waals surface area contributed by atoms with Crippen LogP contribution in [0, 0.1) is 0 Å². The van der Waals surface area contributed by atoms with E-state index in [1.54, 1.807) is 36.4 Å². The molecule has 0 N–H and O–H groups in total. The van der Waals surface area contributed by atoms with Crippen molar-refractivity contribution in [2.45, 2.75) is 19.8 Å². The molecule has 3 aromatic rings. The van der Waals surface area contributed by atoms with E-state index in [1.165, 1.54) is 0 Å². The van der Waals surface area contributed by atoms with Crippen LogP contribution in [0.3, 0.4) is 0 Å². The third-order valence-corrected chi connectivity index (χ3v) is 5.10. The molecule has 0 saturated carbocycles. The zero-order valence-electron chi connectivity index (χ0n) is 16.8. The van der Waals surface area contributed by atoms with Crippen LogP contribution in [0.25, 0.3) is 11.1 Å². The van der Waals surface area contributed by atoms with Crippen molar-refractivity contribution < 1.29 is 19.1 Å². The van der Waals surface area contributed by atoms with Gasteiger partial charge < -0.3 is 9.47 Å². The summed E-state index contributed by atoms with van der Waals surface area (Å²) in [5.41, 5.74) is 2.94. The Balaban J connectivity index is 1.53. The Bertz CT molecular complexity index is 977. The van der Waals surface area contributed by atoms with E-state index >= 15 is 0 Å². The number of rotatable bonds is 9. The van der Waals surface area contributed by atoms with Crippen molar-refractivity contribution in [3.63, 3.8) is 0 Å². The van der Waals surface area contributed by atoms with Crippen LogP contribution in [0.2, 0.25) is 0 Å². The highest BCUT2D eigenvalue weighted by molar-refractivity contribution is 9.10. The summed E-state index contributed by atoms with van der Waals surface area (Å²) in [7, 11) is 0. The highest BCUT2D eigenvalue weighted by atomic mass is 79.9. The minimum absolute atomic E-state index is 0.255. The number of benzene rings is 3. The Labute approximate surface area is 185 Å². The summed E-state index contributed by atoms with van der Waals surface area (Å²) in [4.78, 5) is 24.6. The standard InChI is InChI=1S/C25H23BrO4/c1-2-3-16-29-23-14-10-20(11-15-23)24(27)17-30-25(28)21-6-4-18(5-7-21)19-8-12-22(26)13-9-19/h4-15H,2-3,16-17H2,1H3. The number of halogens is 1.